The number of carbonyl (C=O) groups is 1. The third-order valence-corrected chi connectivity index (χ3v) is 2.25. The van der Waals surface area contributed by atoms with Gasteiger partial charge >= 0.3 is 5.97 Å². The van der Waals surface area contributed by atoms with E-state index < -0.39 is 5.97 Å². The predicted molar refractivity (Wildman–Crippen MR) is 55.5 cm³/mol. The molecule has 0 aliphatic rings. The summed E-state index contributed by atoms with van der Waals surface area (Å²) in [7, 11) is 0. The Morgan fingerprint density at radius 2 is 2.29 bits per heavy atom. The van der Waals surface area contributed by atoms with Gasteiger partial charge < -0.3 is 10.4 Å². The van der Waals surface area contributed by atoms with Crippen molar-refractivity contribution in [2.75, 3.05) is 6.54 Å². The van der Waals surface area contributed by atoms with Crippen molar-refractivity contribution < 1.29 is 9.90 Å². The molecule has 0 saturated carbocycles. The number of aryl methyl sites for hydroxylation is 1. The van der Waals surface area contributed by atoms with Gasteiger partial charge in [-0.25, -0.2) is 0 Å². The van der Waals surface area contributed by atoms with Crippen LogP contribution in [0.25, 0.3) is 0 Å². The number of aliphatic carboxylic acids is 1. The van der Waals surface area contributed by atoms with Crippen LogP contribution in [0.2, 0.25) is 5.02 Å². The summed E-state index contributed by atoms with van der Waals surface area (Å²) >= 11 is 5.91. The second kappa shape index (κ2) is 4.98. The largest absolute Gasteiger partial charge is 0.480 e. The normalized spacial score (nSPS) is 10.1. The third kappa shape index (κ3) is 3.36. The minimum Gasteiger partial charge on any atom is -0.480 e. The highest BCUT2D eigenvalue weighted by Gasteiger charge is 1.99. The number of hydrogen-bond donors (Lipinski definition) is 2. The van der Waals surface area contributed by atoms with E-state index in [9.17, 15) is 4.79 Å². The third-order valence-electron chi connectivity index (χ3n) is 1.84. The molecule has 0 atom stereocenters. The van der Waals surface area contributed by atoms with Gasteiger partial charge in [-0.15, -0.1) is 0 Å². The molecule has 0 heterocycles. The molecule has 1 rings (SSSR count). The van der Waals surface area contributed by atoms with Crippen LogP contribution in [0.4, 0.5) is 0 Å². The molecule has 14 heavy (non-hydrogen) atoms. The number of carboxylic acid groups (broad SMARTS) is 1. The Morgan fingerprint density at radius 1 is 1.57 bits per heavy atom. The molecule has 0 aromatic heterocycles. The molecule has 1 aromatic rings. The van der Waals surface area contributed by atoms with E-state index in [1.807, 2.05) is 25.1 Å². The summed E-state index contributed by atoms with van der Waals surface area (Å²) < 4.78 is 0. The molecular formula is C10H12ClNO2. The van der Waals surface area contributed by atoms with Gasteiger partial charge in [0, 0.05) is 11.6 Å². The van der Waals surface area contributed by atoms with Crippen LogP contribution in [-0.2, 0) is 11.3 Å². The predicted octanol–water partition coefficient (Wildman–Crippen LogP) is 1.82. The van der Waals surface area contributed by atoms with E-state index in [1.165, 1.54) is 0 Å². The SMILES string of the molecule is Cc1ccc(CNCC(=O)O)cc1Cl. The summed E-state index contributed by atoms with van der Waals surface area (Å²) in [5.74, 6) is -0.858. The van der Waals surface area contributed by atoms with Crippen molar-refractivity contribution >= 4 is 17.6 Å². The fraction of sp³-hybridized carbons (Fsp3) is 0.300. The van der Waals surface area contributed by atoms with E-state index in [1.54, 1.807) is 0 Å². The quantitative estimate of drug-likeness (QED) is 0.802. The Labute approximate surface area is 87.7 Å². The van der Waals surface area contributed by atoms with Gasteiger partial charge in [0.15, 0.2) is 0 Å². The molecule has 0 aliphatic heterocycles. The lowest BCUT2D eigenvalue weighted by Crippen LogP contribution is -2.21. The highest BCUT2D eigenvalue weighted by atomic mass is 35.5. The standard InChI is InChI=1S/C10H12ClNO2/c1-7-2-3-8(4-9(7)11)5-12-6-10(13)14/h2-4,12H,5-6H2,1H3,(H,13,14). The lowest BCUT2D eigenvalue weighted by Gasteiger charge is -2.04. The van der Waals surface area contributed by atoms with Crippen molar-refractivity contribution in [2.24, 2.45) is 0 Å². The molecule has 0 spiro atoms. The van der Waals surface area contributed by atoms with Crippen LogP contribution in [0, 0.1) is 6.92 Å². The second-order valence-corrected chi connectivity index (χ2v) is 3.49. The number of halogens is 1. The Balaban J connectivity index is 2.51. The minimum atomic E-state index is -0.858. The van der Waals surface area contributed by atoms with E-state index in [0.29, 0.717) is 11.6 Å². The molecule has 0 aliphatic carbocycles. The Morgan fingerprint density at radius 3 is 2.86 bits per heavy atom. The Kier molecular flexibility index (Phi) is 3.92. The Bertz CT molecular complexity index is 339. The van der Waals surface area contributed by atoms with Gasteiger partial charge in [0.1, 0.15) is 0 Å². The van der Waals surface area contributed by atoms with E-state index in [-0.39, 0.29) is 6.54 Å². The van der Waals surface area contributed by atoms with Crippen LogP contribution >= 0.6 is 11.6 Å². The zero-order valence-corrected chi connectivity index (χ0v) is 8.64. The van der Waals surface area contributed by atoms with Crippen LogP contribution in [0.1, 0.15) is 11.1 Å². The molecular weight excluding hydrogens is 202 g/mol. The molecule has 4 heteroatoms. The summed E-state index contributed by atoms with van der Waals surface area (Å²) in [5.41, 5.74) is 2.01. The van der Waals surface area contributed by atoms with Crippen LogP contribution in [0.15, 0.2) is 18.2 Å². The summed E-state index contributed by atoms with van der Waals surface area (Å²) in [4.78, 5) is 10.2. The molecule has 0 bridgehead atoms. The van der Waals surface area contributed by atoms with Gasteiger partial charge in [0.25, 0.3) is 0 Å². The smallest absolute Gasteiger partial charge is 0.317 e. The van der Waals surface area contributed by atoms with Crippen molar-refractivity contribution in [3.05, 3.63) is 34.3 Å². The van der Waals surface area contributed by atoms with Crippen molar-refractivity contribution in [1.29, 1.82) is 0 Å². The molecule has 0 saturated heterocycles. The first kappa shape index (κ1) is 11.0. The molecule has 0 radical (unpaired) electrons. The number of rotatable bonds is 4. The first-order valence-electron chi connectivity index (χ1n) is 4.27. The maximum atomic E-state index is 10.2. The van der Waals surface area contributed by atoms with Crippen molar-refractivity contribution in [2.45, 2.75) is 13.5 Å². The fourth-order valence-corrected chi connectivity index (χ4v) is 1.26. The van der Waals surface area contributed by atoms with Gasteiger partial charge in [-0.2, -0.15) is 0 Å². The number of nitrogens with one attached hydrogen (secondary N) is 1. The minimum absolute atomic E-state index is 0.0362. The Hall–Kier alpha value is -1.06. The van der Waals surface area contributed by atoms with Crippen LogP contribution in [0.3, 0.4) is 0 Å². The van der Waals surface area contributed by atoms with Gasteiger partial charge in [-0.05, 0) is 24.1 Å². The topological polar surface area (TPSA) is 49.3 Å². The fourth-order valence-electron chi connectivity index (χ4n) is 1.06. The van der Waals surface area contributed by atoms with Crippen molar-refractivity contribution in [3.63, 3.8) is 0 Å². The average molecular weight is 214 g/mol. The molecule has 2 N–H and O–H groups in total. The molecule has 76 valence electrons. The number of hydrogen-bond acceptors (Lipinski definition) is 2. The molecule has 0 unspecified atom stereocenters. The van der Waals surface area contributed by atoms with E-state index in [4.69, 9.17) is 16.7 Å². The van der Waals surface area contributed by atoms with Gasteiger partial charge in [-0.3, -0.25) is 4.79 Å². The summed E-state index contributed by atoms with van der Waals surface area (Å²) in [5, 5.41) is 11.9. The molecule has 1 aromatic carbocycles. The highest BCUT2D eigenvalue weighted by molar-refractivity contribution is 6.31. The zero-order chi connectivity index (χ0) is 10.6. The van der Waals surface area contributed by atoms with Crippen LogP contribution < -0.4 is 5.32 Å². The first-order chi connectivity index (χ1) is 6.59. The van der Waals surface area contributed by atoms with E-state index >= 15 is 0 Å². The number of carboxylic acids is 1. The molecule has 0 fully saturated rings. The number of benzene rings is 1. The summed E-state index contributed by atoms with van der Waals surface area (Å²) in [6.07, 6.45) is 0. The second-order valence-electron chi connectivity index (χ2n) is 3.08. The van der Waals surface area contributed by atoms with E-state index in [0.717, 1.165) is 11.1 Å². The highest BCUT2D eigenvalue weighted by Crippen LogP contribution is 2.16. The maximum absolute atomic E-state index is 10.2. The van der Waals surface area contributed by atoms with Crippen molar-refractivity contribution in [1.82, 2.24) is 5.32 Å². The summed E-state index contributed by atoms with van der Waals surface area (Å²) in [6.45, 7) is 2.41. The lowest BCUT2D eigenvalue weighted by molar-refractivity contribution is -0.135. The average Bonchev–Trinajstić information content (AvgIpc) is 2.10. The maximum Gasteiger partial charge on any atom is 0.317 e. The first-order valence-corrected chi connectivity index (χ1v) is 4.65. The monoisotopic (exact) mass is 213 g/mol. The zero-order valence-electron chi connectivity index (χ0n) is 7.88. The summed E-state index contributed by atoms with van der Waals surface area (Å²) in [6, 6.07) is 5.68. The van der Waals surface area contributed by atoms with Crippen LogP contribution in [0.5, 0.6) is 0 Å². The lowest BCUT2D eigenvalue weighted by atomic mass is 10.1. The van der Waals surface area contributed by atoms with Crippen LogP contribution in [-0.4, -0.2) is 17.6 Å². The van der Waals surface area contributed by atoms with Gasteiger partial charge in [-0.1, -0.05) is 23.7 Å². The van der Waals surface area contributed by atoms with E-state index in [2.05, 4.69) is 5.32 Å². The molecule has 3 nitrogen and oxygen atoms in total. The molecule has 0 amide bonds. The van der Waals surface area contributed by atoms with Gasteiger partial charge in [0.2, 0.25) is 0 Å². The van der Waals surface area contributed by atoms with Crippen molar-refractivity contribution in [3.8, 4) is 0 Å². The van der Waals surface area contributed by atoms with Gasteiger partial charge in [0.05, 0.1) is 6.54 Å².